The Balaban J connectivity index is 1.35. The Hall–Kier alpha value is -2.24. The van der Waals surface area contributed by atoms with Gasteiger partial charge in [-0.05, 0) is 79.1 Å². The first-order valence-corrected chi connectivity index (χ1v) is 9.83. The molecule has 2 aromatic rings. The molecule has 5 heteroatoms. The summed E-state index contributed by atoms with van der Waals surface area (Å²) in [6.45, 7) is 3.89. The lowest BCUT2D eigenvalue weighted by atomic mass is 9.89. The van der Waals surface area contributed by atoms with Crippen LogP contribution in [0.1, 0.15) is 34.3 Å². The number of hydrogen-bond acceptors (Lipinski definition) is 4. The number of rotatable bonds is 5. The van der Waals surface area contributed by atoms with Gasteiger partial charge in [0.1, 0.15) is 11.6 Å². The van der Waals surface area contributed by atoms with E-state index in [0.717, 1.165) is 37.1 Å². The lowest BCUT2D eigenvalue weighted by Crippen LogP contribution is -2.34. The SMILES string of the molecule is Cc1cc(F)ccc1C[C@@]1(O)C[C@H]2CN(CC(=O)c3ccc(O)cc3)C[C@H]2C1. The van der Waals surface area contributed by atoms with E-state index in [1.54, 1.807) is 18.2 Å². The van der Waals surface area contributed by atoms with Crippen molar-refractivity contribution in [3.8, 4) is 5.75 Å². The molecule has 2 fully saturated rings. The molecule has 1 aliphatic carbocycles. The van der Waals surface area contributed by atoms with Gasteiger partial charge in [0.2, 0.25) is 0 Å². The number of halogens is 1. The molecule has 1 heterocycles. The summed E-state index contributed by atoms with van der Waals surface area (Å²) < 4.78 is 13.3. The fourth-order valence-electron chi connectivity index (χ4n) is 4.99. The van der Waals surface area contributed by atoms with Crippen molar-refractivity contribution in [1.29, 1.82) is 0 Å². The summed E-state index contributed by atoms with van der Waals surface area (Å²) in [6.07, 6.45) is 2.00. The van der Waals surface area contributed by atoms with Gasteiger partial charge in [0.25, 0.3) is 0 Å². The zero-order chi connectivity index (χ0) is 19.9. The highest BCUT2D eigenvalue weighted by molar-refractivity contribution is 5.97. The number of likely N-dealkylation sites (tertiary alicyclic amines) is 1. The molecule has 148 valence electrons. The number of aromatic hydroxyl groups is 1. The molecule has 28 heavy (non-hydrogen) atoms. The topological polar surface area (TPSA) is 60.8 Å². The van der Waals surface area contributed by atoms with Gasteiger partial charge in [0.05, 0.1) is 12.1 Å². The van der Waals surface area contributed by atoms with Crippen LogP contribution in [-0.4, -0.2) is 46.1 Å². The lowest BCUT2D eigenvalue weighted by molar-refractivity contribution is 0.0354. The summed E-state index contributed by atoms with van der Waals surface area (Å²) in [4.78, 5) is 14.6. The number of fused-ring (bicyclic) bond motifs is 1. The van der Waals surface area contributed by atoms with Crippen LogP contribution in [0.3, 0.4) is 0 Å². The minimum Gasteiger partial charge on any atom is -0.508 e. The number of hydrogen-bond donors (Lipinski definition) is 2. The molecule has 0 bridgehead atoms. The van der Waals surface area contributed by atoms with Crippen molar-refractivity contribution in [2.45, 2.75) is 31.8 Å². The van der Waals surface area contributed by atoms with Crippen LogP contribution in [0.25, 0.3) is 0 Å². The normalized spacial score (nSPS) is 27.1. The Morgan fingerprint density at radius 2 is 1.79 bits per heavy atom. The quantitative estimate of drug-likeness (QED) is 0.778. The average Bonchev–Trinajstić information content (AvgIpc) is 3.12. The maximum absolute atomic E-state index is 13.3. The first-order chi connectivity index (χ1) is 13.3. The van der Waals surface area contributed by atoms with Crippen LogP contribution >= 0.6 is 0 Å². The maximum Gasteiger partial charge on any atom is 0.176 e. The molecule has 2 aromatic carbocycles. The van der Waals surface area contributed by atoms with Gasteiger partial charge in [0, 0.05) is 25.1 Å². The summed E-state index contributed by atoms with van der Waals surface area (Å²) >= 11 is 0. The predicted molar refractivity (Wildman–Crippen MR) is 105 cm³/mol. The van der Waals surface area contributed by atoms with E-state index in [1.807, 2.05) is 6.92 Å². The van der Waals surface area contributed by atoms with Gasteiger partial charge in [-0.1, -0.05) is 6.07 Å². The molecule has 0 unspecified atom stereocenters. The smallest absolute Gasteiger partial charge is 0.176 e. The number of benzene rings is 2. The van der Waals surface area contributed by atoms with Crippen molar-refractivity contribution in [2.75, 3.05) is 19.6 Å². The summed E-state index contributed by atoms with van der Waals surface area (Å²) in [6, 6.07) is 11.1. The Bertz CT molecular complexity index is 866. The number of Topliss-reactive ketones (excluding diaryl/α,β-unsaturated/α-hetero) is 1. The van der Waals surface area contributed by atoms with E-state index in [0.29, 0.717) is 30.4 Å². The van der Waals surface area contributed by atoms with Gasteiger partial charge in [-0.3, -0.25) is 9.69 Å². The van der Waals surface area contributed by atoms with Gasteiger partial charge in [-0.25, -0.2) is 4.39 Å². The van der Waals surface area contributed by atoms with Crippen LogP contribution in [0.4, 0.5) is 4.39 Å². The third-order valence-electron chi connectivity index (χ3n) is 6.32. The zero-order valence-electron chi connectivity index (χ0n) is 16.1. The fraction of sp³-hybridized carbons (Fsp3) is 0.435. The summed E-state index contributed by atoms with van der Waals surface area (Å²) in [5.74, 6) is 0.738. The number of ketones is 1. The zero-order valence-corrected chi connectivity index (χ0v) is 16.1. The highest BCUT2D eigenvalue weighted by Gasteiger charge is 2.48. The Labute approximate surface area is 164 Å². The number of aliphatic hydroxyl groups is 1. The van der Waals surface area contributed by atoms with Crippen LogP contribution < -0.4 is 0 Å². The third kappa shape index (κ3) is 3.96. The number of carbonyl (C=O) groups excluding carboxylic acids is 1. The molecule has 0 aromatic heterocycles. The lowest BCUT2D eigenvalue weighted by Gasteiger charge is -2.26. The molecular formula is C23H26FNO3. The van der Waals surface area contributed by atoms with E-state index in [2.05, 4.69) is 4.90 Å². The molecule has 1 saturated carbocycles. The van der Waals surface area contributed by atoms with Crippen molar-refractivity contribution in [2.24, 2.45) is 11.8 Å². The summed E-state index contributed by atoms with van der Waals surface area (Å²) in [7, 11) is 0. The Kier molecular flexibility index (Phi) is 4.98. The van der Waals surface area contributed by atoms with Gasteiger partial charge in [0.15, 0.2) is 5.78 Å². The molecule has 0 spiro atoms. The van der Waals surface area contributed by atoms with Gasteiger partial charge in [-0.2, -0.15) is 0 Å². The van der Waals surface area contributed by atoms with Gasteiger partial charge < -0.3 is 10.2 Å². The average molecular weight is 383 g/mol. The molecule has 4 rings (SSSR count). The fourth-order valence-corrected chi connectivity index (χ4v) is 4.99. The number of carbonyl (C=O) groups is 1. The number of aryl methyl sites for hydroxylation is 1. The standard InChI is InChI=1S/C23H26FNO3/c1-15-8-20(24)5-2-17(15)9-23(28)10-18-12-25(13-19(18)11-23)14-22(27)16-3-6-21(26)7-4-16/h2-8,18-19,26,28H,9-14H2,1H3/t18-,19+,23+. The van der Waals surface area contributed by atoms with Crippen LogP contribution in [0.15, 0.2) is 42.5 Å². The number of nitrogens with zero attached hydrogens (tertiary/aromatic N) is 1. The van der Waals surface area contributed by atoms with Gasteiger partial charge >= 0.3 is 0 Å². The van der Waals surface area contributed by atoms with Crippen molar-refractivity contribution < 1.29 is 19.4 Å². The van der Waals surface area contributed by atoms with Crippen molar-refractivity contribution >= 4 is 5.78 Å². The molecule has 2 aliphatic rings. The summed E-state index contributed by atoms with van der Waals surface area (Å²) in [5, 5.41) is 20.5. The van der Waals surface area contributed by atoms with Crippen LogP contribution in [0.2, 0.25) is 0 Å². The minimum absolute atomic E-state index is 0.0529. The van der Waals surface area contributed by atoms with Crippen LogP contribution in [0.5, 0.6) is 5.75 Å². The molecule has 4 nitrogen and oxygen atoms in total. The number of phenols is 1. The maximum atomic E-state index is 13.3. The van der Waals surface area contributed by atoms with Crippen molar-refractivity contribution in [3.63, 3.8) is 0 Å². The minimum atomic E-state index is -0.745. The largest absolute Gasteiger partial charge is 0.508 e. The van der Waals surface area contributed by atoms with Gasteiger partial charge in [-0.15, -0.1) is 0 Å². The van der Waals surface area contributed by atoms with E-state index in [-0.39, 0.29) is 17.3 Å². The van der Waals surface area contributed by atoms with Crippen LogP contribution in [0, 0.1) is 24.6 Å². The van der Waals surface area contributed by atoms with E-state index in [9.17, 15) is 19.4 Å². The third-order valence-corrected chi connectivity index (χ3v) is 6.32. The first kappa shape index (κ1) is 19.1. The van der Waals surface area contributed by atoms with Crippen LogP contribution in [-0.2, 0) is 6.42 Å². The molecular weight excluding hydrogens is 357 g/mol. The van der Waals surface area contributed by atoms with E-state index >= 15 is 0 Å². The van der Waals surface area contributed by atoms with E-state index in [4.69, 9.17) is 0 Å². The Morgan fingerprint density at radius 1 is 1.14 bits per heavy atom. The summed E-state index contributed by atoms with van der Waals surface area (Å²) in [5.41, 5.74) is 1.75. The second-order valence-electron chi connectivity index (χ2n) is 8.56. The predicted octanol–water partition coefficient (Wildman–Crippen LogP) is 3.34. The highest BCUT2D eigenvalue weighted by Crippen LogP contribution is 2.45. The number of phenolic OH excluding ortho intramolecular Hbond substituents is 1. The molecule has 0 radical (unpaired) electrons. The second-order valence-corrected chi connectivity index (χ2v) is 8.56. The van der Waals surface area contributed by atoms with E-state index in [1.165, 1.54) is 24.3 Å². The highest BCUT2D eigenvalue weighted by atomic mass is 19.1. The molecule has 1 aliphatic heterocycles. The van der Waals surface area contributed by atoms with Crippen molar-refractivity contribution in [1.82, 2.24) is 4.90 Å². The molecule has 0 amide bonds. The van der Waals surface area contributed by atoms with E-state index < -0.39 is 5.60 Å². The van der Waals surface area contributed by atoms with Crippen molar-refractivity contribution in [3.05, 3.63) is 65.0 Å². The molecule has 2 N–H and O–H groups in total. The monoisotopic (exact) mass is 383 g/mol. The first-order valence-electron chi connectivity index (χ1n) is 9.83. The second kappa shape index (κ2) is 7.30. The molecule has 1 saturated heterocycles. The molecule has 3 atom stereocenters. The Morgan fingerprint density at radius 3 is 2.39 bits per heavy atom.